The molecule has 0 heterocycles. The molecule has 0 amide bonds. The molecule has 1 aromatic rings. The van der Waals surface area contributed by atoms with Crippen LogP contribution in [0.25, 0.3) is 0 Å². The zero-order chi connectivity index (χ0) is 12.7. The minimum Gasteiger partial charge on any atom is -0.372 e. The number of hydrogen-bond acceptors (Lipinski definition) is 2. The van der Waals surface area contributed by atoms with Crippen molar-refractivity contribution in [3.63, 3.8) is 0 Å². The molecule has 0 radical (unpaired) electrons. The summed E-state index contributed by atoms with van der Waals surface area (Å²) in [5.41, 5.74) is 1.05. The van der Waals surface area contributed by atoms with Gasteiger partial charge in [0.1, 0.15) is 0 Å². The number of nitrogens with one attached hydrogen (secondary N) is 1. The number of ether oxygens (including phenoxy) is 1. The first-order valence-electron chi connectivity index (χ1n) is 6.15. The molecule has 1 aromatic carbocycles. The lowest BCUT2D eigenvalue weighted by atomic mass is 10.2. The van der Waals surface area contributed by atoms with E-state index in [0.717, 1.165) is 23.7 Å². The normalized spacial score (nSPS) is 13.0. The Kier molecular flexibility index (Phi) is 6.56. The standard InChI is InChI=1S/C14H22ClNO/c1-11(2)8-16-9-12(3)17-10-13-6-4-5-7-14(13)15/h4-7,11-12,16H,8-10H2,1-3H3. The summed E-state index contributed by atoms with van der Waals surface area (Å²) in [4.78, 5) is 0. The van der Waals surface area contributed by atoms with E-state index in [1.54, 1.807) is 0 Å². The lowest BCUT2D eigenvalue weighted by molar-refractivity contribution is 0.0529. The van der Waals surface area contributed by atoms with Gasteiger partial charge in [-0.2, -0.15) is 0 Å². The highest BCUT2D eigenvalue weighted by atomic mass is 35.5. The smallest absolute Gasteiger partial charge is 0.0735 e. The fourth-order valence-corrected chi connectivity index (χ4v) is 1.67. The summed E-state index contributed by atoms with van der Waals surface area (Å²) in [5.74, 6) is 0.672. The predicted molar refractivity (Wildman–Crippen MR) is 73.4 cm³/mol. The van der Waals surface area contributed by atoms with E-state index >= 15 is 0 Å². The van der Waals surface area contributed by atoms with Crippen LogP contribution >= 0.6 is 11.6 Å². The van der Waals surface area contributed by atoms with Crippen molar-refractivity contribution in [2.45, 2.75) is 33.5 Å². The Hall–Kier alpha value is -0.570. The van der Waals surface area contributed by atoms with Crippen LogP contribution in [0.3, 0.4) is 0 Å². The van der Waals surface area contributed by atoms with Crippen LogP contribution < -0.4 is 5.32 Å². The van der Waals surface area contributed by atoms with Crippen molar-refractivity contribution in [1.82, 2.24) is 5.32 Å². The highest BCUT2D eigenvalue weighted by molar-refractivity contribution is 6.31. The molecule has 0 aliphatic heterocycles. The molecule has 96 valence electrons. The maximum atomic E-state index is 6.06. The van der Waals surface area contributed by atoms with Gasteiger partial charge >= 0.3 is 0 Å². The van der Waals surface area contributed by atoms with Crippen molar-refractivity contribution in [2.24, 2.45) is 5.92 Å². The first-order chi connectivity index (χ1) is 8.09. The van der Waals surface area contributed by atoms with Gasteiger partial charge < -0.3 is 10.1 Å². The van der Waals surface area contributed by atoms with E-state index in [1.807, 2.05) is 24.3 Å². The van der Waals surface area contributed by atoms with Crippen LogP contribution in [-0.2, 0) is 11.3 Å². The van der Waals surface area contributed by atoms with E-state index in [1.165, 1.54) is 0 Å². The third kappa shape index (κ3) is 6.06. The van der Waals surface area contributed by atoms with E-state index in [-0.39, 0.29) is 6.10 Å². The Morgan fingerprint density at radius 1 is 1.18 bits per heavy atom. The molecule has 0 spiro atoms. The Labute approximate surface area is 109 Å². The molecule has 0 fully saturated rings. The van der Waals surface area contributed by atoms with Crippen molar-refractivity contribution in [2.75, 3.05) is 13.1 Å². The lowest BCUT2D eigenvalue weighted by Gasteiger charge is -2.15. The maximum absolute atomic E-state index is 6.06. The van der Waals surface area contributed by atoms with Crippen LogP contribution in [0.5, 0.6) is 0 Å². The van der Waals surface area contributed by atoms with Crippen molar-refractivity contribution in [3.05, 3.63) is 34.9 Å². The molecule has 0 bridgehead atoms. The summed E-state index contributed by atoms with van der Waals surface area (Å²) in [6.45, 7) is 8.95. The number of benzene rings is 1. The third-order valence-electron chi connectivity index (χ3n) is 2.47. The summed E-state index contributed by atoms with van der Waals surface area (Å²) in [7, 11) is 0. The minimum atomic E-state index is 0.199. The molecule has 0 aromatic heterocycles. The minimum absolute atomic E-state index is 0.199. The number of hydrogen-bond donors (Lipinski definition) is 1. The zero-order valence-corrected chi connectivity index (χ0v) is 11.6. The van der Waals surface area contributed by atoms with Crippen molar-refractivity contribution >= 4 is 11.6 Å². The van der Waals surface area contributed by atoms with Crippen LogP contribution in [0, 0.1) is 5.92 Å². The molecule has 3 heteroatoms. The summed E-state index contributed by atoms with van der Waals surface area (Å²) in [5, 5.41) is 4.15. The second-order valence-electron chi connectivity index (χ2n) is 4.77. The van der Waals surface area contributed by atoms with E-state index in [0.29, 0.717) is 12.5 Å². The molecule has 0 aliphatic rings. The van der Waals surface area contributed by atoms with Gasteiger partial charge in [0.15, 0.2) is 0 Å². The fraction of sp³-hybridized carbons (Fsp3) is 0.571. The highest BCUT2D eigenvalue weighted by Gasteiger charge is 2.04. The van der Waals surface area contributed by atoms with Crippen molar-refractivity contribution < 1.29 is 4.74 Å². The van der Waals surface area contributed by atoms with Gasteiger partial charge in [-0.3, -0.25) is 0 Å². The molecule has 0 aliphatic carbocycles. The average molecular weight is 256 g/mol. The molecule has 17 heavy (non-hydrogen) atoms. The second-order valence-corrected chi connectivity index (χ2v) is 5.17. The summed E-state index contributed by atoms with van der Waals surface area (Å²) >= 11 is 6.06. The van der Waals surface area contributed by atoms with Crippen LogP contribution in [-0.4, -0.2) is 19.2 Å². The molecule has 1 atom stereocenters. The van der Waals surface area contributed by atoms with Crippen LogP contribution in [0.1, 0.15) is 26.3 Å². The summed E-state index contributed by atoms with van der Waals surface area (Å²) in [6.07, 6.45) is 0.199. The lowest BCUT2D eigenvalue weighted by Crippen LogP contribution is -2.29. The van der Waals surface area contributed by atoms with Crippen molar-refractivity contribution in [1.29, 1.82) is 0 Å². The maximum Gasteiger partial charge on any atom is 0.0735 e. The van der Waals surface area contributed by atoms with Gasteiger partial charge in [-0.15, -0.1) is 0 Å². The van der Waals surface area contributed by atoms with Gasteiger partial charge in [-0.25, -0.2) is 0 Å². The second kappa shape index (κ2) is 7.70. The fourth-order valence-electron chi connectivity index (χ4n) is 1.48. The Morgan fingerprint density at radius 2 is 1.88 bits per heavy atom. The Morgan fingerprint density at radius 3 is 2.53 bits per heavy atom. The zero-order valence-electron chi connectivity index (χ0n) is 10.9. The quantitative estimate of drug-likeness (QED) is 0.805. The number of halogens is 1. The van der Waals surface area contributed by atoms with E-state index < -0.39 is 0 Å². The Balaban J connectivity index is 2.24. The molecule has 1 unspecified atom stereocenters. The van der Waals surface area contributed by atoms with Crippen LogP contribution in [0.4, 0.5) is 0 Å². The van der Waals surface area contributed by atoms with Gasteiger partial charge in [0, 0.05) is 11.6 Å². The third-order valence-corrected chi connectivity index (χ3v) is 2.83. The first-order valence-corrected chi connectivity index (χ1v) is 6.53. The van der Waals surface area contributed by atoms with E-state index in [9.17, 15) is 0 Å². The van der Waals surface area contributed by atoms with Gasteiger partial charge in [-0.1, -0.05) is 43.6 Å². The molecule has 2 nitrogen and oxygen atoms in total. The largest absolute Gasteiger partial charge is 0.372 e. The molecule has 0 saturated heterocycles. The Bertz CT molecular complexity index is 328. The summed E-state index contributed by atoms with van der Waals surface area (Å²) < 4.78 is 5.74. The molecule has 1 N–H and O–H groups in total. The molecule has 0 saturated carbocycles. The van der Waals surface area contributed by atoms with Crippen LogP contribution in [0.15, 0.2) is 24.3 Å². The van der Waals surface area contributed by atoms with Gasteiger partial charge in [0.2, 0.25) is 0 Å². The predicted octanol–water partition coefficient (Wildman–Crippen LogP) is 3.49. The first kappa shape index (κ1) is 14.5. The van der Waals surface area contributed by atoms with Gasteiger partial charge in [0.25, 0.3) is 0 Å². The molecule has 1 rings (SSSR count). The SMILES string of the molecule is CC(C)CNCC(C)OCc1ccccc1Cl. The highest BCUT2D eigenvalue weighted by Crippen LogP contribution is 2.16. The van der Waals surface area contributed by atoms with E-state index in [2.05, 4.69) is 26.1 Å². The van der Waals surface area contributed by atoms with Crippen LogP contribution in [0.2, 0.25) is 5.02 Å². The number of rotatable bonds is 7. The summed E-state index contributed by atoms with van der Waals surface area (Å²) in [6, 6.07) is 7.80. The average Bonchev–Trinajstić information content (AvgIpc) is 2.27. The van der Waals surface area contributed by atoms with Gasteiger partial charge in [-0.05, 0) is 31.0 Å². The van der Waals surface area contributed by atoms with Crippen molar-refractivity contribution in [3.8, 4) is 0 Å². The molecular formula is C14H22ClNO. The van der Waals surface area contributed by atoms with Gasteiger partial charge in [0.05, 0.1) is 12.7 Å². The monoisotopic (exact) mass is 255 g/mol. The molecular weight excluding hydrogens is 234 g/mol. The van der Waals surface area contributed by atoms with E-state index in [4.69, 9.17) is 16.3 Å². The topological polar surface area (TPSA) is 21.3 Å².